The second-order valence-corrected chi connectivity index (χ2v) is 4.58. The van der Waals surface area contributed by atoms with Crippen molar-refractivity contribution in [2.75, 3.05) is 6.61 Å². The predicted octanol–water partition coefficient (Wildman–Crippen LogP) is 2.88. The van der Waals surface area contributed by atoms with E-state index in [2.05, 4.69) is 21.7 Å². The molecule has 1 atom stereocenters. The number of H-pyrrole nitrogens is 1. The van der Waals surface area contributed by atoms with Crippen LogP contribution in [0.15, 0.2) is 24.3 Å². The highest BCUT2D eigenvalue weighted by molar-refractivity contribution is 7.71. The van der Waals surface area contributed by atoms with E-state index in [4.69, 9.17) is 17.0 Å². The van der Waals surface area contributed by atoms with E-state index in [0.717, 1.165) is 29.9 Å². The van der Waals surface area contributed by atoms with Crippen molar-refractivity contribution in [3.8, 4) is 0 Å². The molecule has 1 aliphatic heterocycles. The van der Waals surface area contributed by atoms with E-state index >= 15 is 0 Å². The Kier molecular flexibility index (Phi) is 2.53. The van der Waals surface area contributed by atoms with Crippen molar-refractivity contribution < 1.29 is 4.74 Å². The fraction of sp³-hybridized carbons (Fsp3) is 0.417. The summed E-state index contributed by atoms with van der Waals surface area (Å²) in [6.45, 7) is 1.75. The molecule has 1 fully saturated rings. The second kappa shape index (κ2) is 4.03. The number of nitrogens with zero attached hydrogens (tertiary/aromatic N) is 1. The van der Waals surface area contributed by atoms with E-state index in [1.807, 2.05) is 12.1 Å². The lowest BCUT2D eigenvalue weighted by molar-refractivity contribution is 0.0976. The standard InChI is InChI=1S/C12H14N2OS/c16-12-13-10-5-1-2-6-11(10)14(12)8-9-4-3-7-15-9/h1-2,5-6,9H,3-4,7-8H2,(H,13,16)/t9-/m0/s1. The van der Waals surface area contributed by atoms with Gasteiger partial charge in [0, 0.05) is 6.61 Å². The van der Waals surface area contributed by atoms with Crippen LogP contribution in [0.25, 0.3) is 11.0 Å². The minimum Gasteiger partial charge on any atom is -0.376 e. The molecule has 2 aromatic rings. The molecule has 3 nitrogen and oxygen atoms in total. The number of hydrogen-bond donors (Lipinski definition) is 1. The third kappa shape index (κ3) is 1.68. The molecule has 16 heavy (non-hydrogen) atoms. The molecular formula is C12H14N2OS. The van der Waals surface area contributed by atoms with Crippen molar-refractivity contribution in [2.45, 2.75) is 25.5 Å². The van der Waals surface area contributed by atoms with Gasteiger partial charge in [-0.2, -0.15) is 0 Å². The van der Waals surface area contributed by atoms with E-state index in [1.165, 1.54) is 11.9 Å². The summed E-state index contributed by atoms with van der Waals surface area (Å²) in [7, 11) is 0. The van der Waals surface area contributed by atoms with Crippen LogP contribution in [-0.2, 0) is 11.3 Å². The fourth-order valence-corrected chi connectivity index (χ4v) is 2.56. The molecule has 3 rings (SSSR count). The number of nitrogens with one attached hydrogen (secondary N) is 1. The molecule has 1 saturated heterocycles. The van der Waals surface area contributed by atoms with Crippen molar-refractivity contribution in [2.24, 2.45) is 0 Å². The Morgan fingerprint density at radius 3 is 3.12 bits per heavy atom. The van der Waals surface area contributed by atoms with Gasteiger partial charge in [-0.25, -0.2) is 0 Å². The van der Waals surface area contributed by atoms with Gasteiger partial charge in [-0.05, 0) is 37.2 Å². The van der Waals surface area contributed by atoms with E-state index in [1.54, 1.807) is 0 Å². The zero-order valence-corrected chi connectivity index (χ0v) is 9.80. The minimum atomic E-state index is 0.325. The molecule has 1 aromatic heterocycles. The summed E-state index contributed by atoms with van der Waals surface area (Å²) < 4.78 is 8.58. The lowest BCUT2D eigenvalue weighted by atomic mass is 10.2. The molecule has 1 N–H and O–H groups in total. The molecule has 0 aliphatic carbocycles. The zero-order valence-electron chi connectivity index (χ0n) is 8.98. The first kappa shape index (κ1) is 10.1. The molecule has 1 aliphatic rings. The van der Waals surface area contributed by atoms with Gasteiger partial charge in [0.05, 0.1) is 23.7 Å². The van der Waals surface area contributed by atoms with E-state index in [9.17, 15) is 0 Å². The average Bonchev–Trinajstić information content (AvgIpc) is 2.89. The quantitative estimate of drug-likeness (QED) is 0.810. The first-order valence-electron chi connectivity index (χ1n) is 5.64. The molecule has 0 unspecified atom stereocenters. The smallest absolute Gasteiger partial charge is 0.178 e. The monoisotopic (exact) mass is 234 g/mol. The highest BCUT2D eigenvalue weighted by Gasteiger charge is 2.17. The first-order chi connectivity index (χ1) is 7.84. The number of para-hydroxylation sites is 2. The first-order valence-corrected chi connectivity index (χ1v) is 6.04. The Hall–Kier alpha value is -1.13. The molecular weight excluding hydrogens is 220 g/mol. The number of aromatic amines is 1. The summed E-state index contributed by atoms with van der Waals surface area (Å²) in [5.74, 6) is 0. The fourth-order valence-electron chi connectivity index (χ4n) is 2.28. The van der Waals surface area contributed by atoms with Gasteiger partial charge >= 0.3 is 0 Å². The SMILES string of the molecule is S=c1[nH]c2ccccc2n1C[C@@H]1CCCO1. The molecule has 0 spiro atoms. The summed E-state index contributed by atoms with van der Waals surface area (Å²) in [6.07, 6.45) is 2.63. The van der Waals surface area contributed by atoms with Gasteiger partial charge in [0.1, 0.15) is 0 Å². The number of hydrogen-bond acceptors (Lipinski definition) is 2. The number of fused-ring (bicyclic) bond motifs is 1. The van der Waals surface area contributed by atoms with Crippen LogP contribution < -0.4 is 0 Å². The van der Waals surface area contributed by atoms with Gasteiger partial charge < -0.3 is 14.3 Å². The summed E-state index contributed by atoms with van der Waals surface area (Å²) in [4.78, 5) is 3.22. The number of imidazole rings is 1. The molecule has 0 amide bonds. The van der Waals surface area contributed by atoms with Crippen molar-refractivity contribution >= 4 is 23.3 Å². The highest BCUT2D eigenvalue weighted by Crippen LogP contribution is 2.18. The largest absolute Gasteiger partial charge is 0.376 e. The van der Waals surface area contributed by atoms with Crippen molar-refractivity contribution in [1.82, 2.24) is 9.55 Å². The Balaban J connectivity index is 2.01. The Bertz CT molecular complexity index is 551. The summed E-state index contributed by atoms with van der Waals surface area (Å²) in [5.41, 5.74) is 2.27. The Morgan fingerprint density at radius 2 is 2.31 bits per heavy atom. The lowest BCUT2D eigenvalue weighted by Gasteiger charge is -2.10. The van der Waals surface area contributed by atoms with Crippen LogP contribution in [0, 0.1) is 4.77 Å². The maximum atomic E-state index is 5.65. The van der Waals surface area contributed by atoms with E-state index < -0.39 is 0 Å². The summed E-state index contributed by atoms with van der Waals surface area (Å²) >= 11 is 5.34. The topological polar surface area (TPSA) is 29.9 Å². The van der Waals surface area contributed by atoms with Crippen molar-refractivity contribution in [3.63, 3.8) is 0 Å². The maximum Gasteiger partial charge on any atom is 0.178 e. The molecule has 1 aromatic carbocycles. The van der Waals surface area contributed by atoms with Gasteiger partial charge in [-0.15, -0.1) is 0 Å². The number of aromatic nitrogens is 2. The van der Waals surface area contributed by atoms with E-state index in [0.29, 0.717) is 6.10 Å². The van der Waals surface area contributed by atoms with Gasteiger partial charge in [0.15, 0.2) is 4.77 Å². The van der Waals surface area contributed by atoms with Crippen LogP contribution in [0.2, 0.25) is 0 Å². The molecule has 0 bridgehead atoms. The maximum absolute atomic E-state index is 5.65. The zero-order chi connectivity index (χ0) is 11.0. The summed E-state index contributed by atoms with van der Waals surface area (Å²) in [6, 6.07) is 8.20. The second-order valence-electron chi connectivity index (χ2n) is 4.19. The third-order valence-corrected chi connectivity index (χ3v) is 3.41. The van der Waals surface area contributed by atoms with Gasteiger partial charge in [-0.1, -0.05) is 12.1 Å². The minimum absolute atomic E-state index is 0.325. The molecule has 84 valence electrons. The molecule has 2 heterocycles. The third-order valence-electron chi connectivity index (χ3n) is 3.09. The Morgan fingerprint density at radius 1 is 1.44 bits per heavy atom. The van der Waals surface area contributed by atoms with Crippen LogP contribution >= 0.6 is 12.2 Å². The van der Waals surface area contributed by atoms with Gasteiger partial charge in [-0.3, -0.25) is 0 Å². The van der Waals surface area contributed by atoms with Gasteiger partial charge in [0.2, 0.25) is 0 Å². The van der Waals surface area contributed by atoms with Crippen LogP contribution in [-0.4, -0.2) is 22.3 Å². The lowest BCUT2D eigenvalue weighted by Crippen LogP contribution is -2.14. The molecule has 4 heteroatoms. The Labute approximate surface area is 99.0 Å². The molecule has 0 saturated carbocycles. The number of rotatable bonds is 2. The van der Waals surface area contributed by atoms with Crippen LogP contribution in [0.3, 0.4) is 0 Å². The number of ether oxygens (including phenoxy) is 1. The summed E-state index contributed by atoms with van der Waals surface area (Å²) in [5, 5.41) is 0. The molecule has 0 radical (unpaired) electrons. The van der Waals surface area contributed by atoms with Crippen LogP contribution in [0.1, 0.15) is 12.8 Å². The van der Waals surface area contributed by atoms with Crippen molar-refractivity contribution in [1.29, 1.82) is 0 Å². The normalized spacial score (nSPS) is 20.6. The predicted molar refractivity (Wildman–Crippen MR) is 66.1 cm³/mol. The average molecular weight is 234 g/mol. The van der Waals surface area contributed by atoms with Crippen LogP contribution in [0.4, 0.5) is 0 Å². The van der Waals surface area contributed by atoms with Crippen LogP contribution in [0.5, 0.6) is 0 Å². The van der Waals surface area contributed by atoms with E-state index in [-0.39, 0.29) is 0 Å². The number of benzene rings is 1. The highest BCUT2D eigenvalue weighted by atomic mass is 32.1. The van der Waals surface area contributed by atoms with Gasteiger partial charge in [0.25, 0.3) is 0 Å². The van der Waals surface area contributed by atoms with Crippen molar-refractivity contribution in [3.05, 3.63) is 29.0 Å².